The van der Waals surface area contributed by atoms with Crippen molar-refractivity contribution in [3.8, 4) is 0 Å². The molecule has 1 atom stereocenters. The Bertz CT molecular complexity index is 640. The van der Waals surface area contributed by atoms with Gasteiger partial charge in [0.15, 0.2) is 11.5 Å². The third kappa shape index (κ3) is 1.99. The number of esters is 1. The second kappa shape index (κ2) is 4.73. The number of aromatic nitrogens is 4. The Kier molecular flexibility index (Phi) is 3.04. The van der Waals surface area contributed by atoms with E-state index in [1.165, 1.54) is 6.33 Å². The zero-order valence-corrected chi connectivity index (χ0v) is 11.6. The van der Waals surface area contributed by atoms with E-state index < -0.39 is 5.41 Å². The van der Waals surface area contributed by atoms with Crippen LogP contribution in [0.1, 0.15) is 20.3 Å². The topological polar surface area (TPSA) is 84.0 Å². The number of fused-ring (bicyclic) bond motifs is 1. The fourth-order valence-electron chi connectivity index (χ4n) is 2.61. The van der Waals surface area contributed by atoms with Crippen molar-refractivity contribution in [2.45, 2.75) is 20.3 Å². The summed E-state index contributed by atoms with van der Waals surface area (Å²) in [7, 11) is 0. The molecule has 1 aliphatic heterocycles. The Balaban J connectivity index is 1.87. The molecule has 0 aromatic carbocycles. The van der Waals surface area contributed by atoms with E-state index in [-0.39, 0.29) is 5.97 Å². The van der Waals surface area contributed by atoms with Gasteiger partial charge in [-0.1, -0.05) is 0 Å². The third-order valence-electron chi connectivity index (χ3n) is 3.74. The van der Waals surface area contributed by atoms with Crippen LogP contribution in [0.15, 0.2) is 12.7 Å². The first-order chi connectivity index (χ1) is 9.64. The van der Waals surface area contributed by atoms with E-state index in [0.717, 1.165) is 24.3 Å². The predicted octanol–water partition coefficient (Wildman–Crippen LogP) is 1.13. The Labute approximate surface area is 116 Å². The summed E-state index contributed by atoms with van der Waals surface area (Å²) in [5.41, 5.74) is 0.966. The lowest BCUT2D eigenvalue weighted by Gasteiger charge is -2.23. The van der Waals surface area contributed by atoms with Crippen LogP contribution in [0.2, 0.25) is 0 Å². The van der Waals surface area contributed by atoms with Gasteiger partial charge in [-0.15, -0.1) is 0 Å². The van der Waals surface area contributed by atoms with E-state index in [4.69, 9.17) is 4.74 Å². The van der Waals surface area contributed by atoms with Gasteiger partial charge in [-0.2, -0.15) is 0 Å². The van der Waals surface area contributed by atoms with Crippen LogP contribution in [-0.4, -0.2) is 45.6 Å². The molecule has 3 heterocycles. The molecule has 0 bridgehead atoms. The van der Waals surface area contributed by atoms with Crippen LogP contribution >= 0.6 is 0 Å². The van der Waals surface area contributed by atoms with E-state index in [1.54, 1.807) is 6.33 Å². The monoisotopic (exact) mass is 275 g/mol. The minimum absolute atomic E-state index is 0.141. The summed E-state index contributed by atoms with van der Waals surface area (Å²) in [5.74, 6) is 0.651. The Morgan fingerprint density at radius 1 is 1.50 bits per heavy atom. The number of hydrogen-bond acceptors (Lipinski definition) is 6. The molecule has 0 spiro atoms. The Morgan fingerprint density at radius 3 is 3.15 bits per heavy atom. The first kappa shape index (κ1) is 12.8. The number of carbonyl (C=O) groups excluding carboxylic acids is 1. The van der Waals surface area contributed by atoms with Crippen molar-refractivity contribution < 1.29 is 9.53 Å². The molecule has 1 N–H and O–H groups in total. The van der Waals surface area contributed by atoms with Gasteiger partial charge in [-0.25, -0.2) is 15.0 Å². The molecule has 7 nitrogen and oxygen atoms in total. The lowest BCUT2D eigenvalue weighted by molar-refractivity contribution is -0.153. The number of carbonyl (C=O) groups is 1. The van der Waals surface area contributed by atoms with Gasteiger partial charge in [0.05, 0.1) is 18.3 Å². The highest BCUT2D eigenvalue weighted by Gasteiger charge is 2.42. The first-order valence-corrected chi connectivity index (χ1v) is 6.70. The number of ether oxygens (including phenoxy) is 1. The van der Waals surface area contributed by atoms with Crippen LogP contribution in [0.5, 0.6) is 0 Å². The van der Waals surface area contributed by atoms with E-state index in [2.05, 4.69) is 24.8 Å². The van der Waals surface area contributed by atoms with Crippen LogP contribution in [0.4, 0.5) is 5.82 Å². The molecule has 2 aromatic heterocycles. The zero-order chi connectivity index (χ0) is 14.2. The molecule has 3 rings (SSSR count). The number of nitrogens with one attached hydrogen (secondary N) is 1. The highest BCUT2D eigenvalue weighted by molar-refractivity contribution is 5.84. The molecule has 1 saturated heterocycles. The molecule has 1 fully saturated rings. The molecule has 1 aliphatic rings. The van der Waals surface area contributed by atoms with Crippen molar-refractivity contribution >= 4 is 23.0 Å². The van der Waals surface area contributed by atoms with E-state index in [1.807, 2.05) is 13.8 Å². The first-order valence-electron chi connectivity index (χ1n) is 6.70. The summed E-state index contributed by atoms with van der Waals surface area (Å²) in [6.45, 7) is 5.53. The van der Waals surface area contributed by atoms with Gasteiger partial charge in [0.1, 0.15) is 11.8 Å². The van der Waals surface area contributed by atoms with Crippen LogP contribution in [0.3, 0.4) is 0 Å². The molecule has 2 aromatic rings. The third-order valence-corrected chi connectivity index (χ3v) is 3.74. The fraction of sp³-hybridized carbons (Fsp3) is 0.538. The van der Waals surface area contributed by atoms with Gasteiger partial charge in [0.2, 0.25) is 0 Å². The molecule has 0 aliphatic carbocycles. The maximum atomic E-state index is 12.1. The molecule has 1 unspecified atom stereocenters. The normalized spacial score (nSPS) is 22.4. The number of imidazole rings is 1. The second-order valence-corrected chi connectivity index (χ2v) is 5.25. The van der Waals surface area contributed by atoms with E-state index in [9.17, 15) is 4.79 Å². The molecule has 0 amide bonds. The summed E-state index contributed by atoms with van der Waals surface area (Å²) in [4.78, 5) is 29.7. The minimum Gasteiger partial charge on any atom is -0.466 e. The van der Waals surface area contributed by atoms with Gasteiger partial charge in [-0.3, -0.25) is 4.79 Å². The molecule has 0 radical (unpaired) electrons. The number of H-pyrrole nitrogens is 1. The smallest absolute Gasteiger partial charge is 0.313 e. The van der Waals surface area contributed by atoms with Crippen molar-refractivity contribution in [3.05, 3.63) is 12.7 Å². The molecule has 106 valence electrons. The zero-order valence-electron chi connectivity index (χ0n) is 11.6. The number of rotatable bonds is 3. The summed E-state index contributed by atoms with van der Waals surface area (Å²) in [6, 6.07) is 0. The maximum Gasteiger partial charge on any atom is 0.313 e. The summed E-state index contributed by atoms with van der Waals surface area (Å²) in [6.07, 6.45) is 3.85. The van der Waals surface area contributed by atoms with Crippen molar-refractivity contribution in [3.63, 3.8) is 0 Å². The summed E-state index contributed by atoms with van der Waals surface area (Å²) < 4.78 is 5.17. The average molecular weight is 275 g/mol. The lowest BCUT2D eigenvalue weighted by atomic mass is 9.90. The Hall–Kier alpha value is -2.18. The minimum atomic E-state index is -0.479. The lowest BCUT2D eigenvalue weighted by Crippen LogP contribution is -2.33. The van der Waals surface area contributed by atoms with E-state index >= 15 is 0 Å². The largest absolute Gasteiger partial charge is 0.466 e. The Morgan fingerprint density at radius 2 is 2.35 bits per heavy atom. The van der Waals surface area contributed by atoms with Crippen LogP contribution in [0, 0.1) is 5.41 Å². The average Bonchev–Trinajstić information content (AvgIpc) is 3.05. The van der Waals surface area contributed by atoms with Gasteiger partial charge in [0, 0.05) is 13.1 Å². The second-order valence-electron chi connectivity index (χ2n) is 5.25. The molecule has 0 saturated carbocycles. The fourth-order valence-corrected chi connectivity index (χ4v) is 2.61. The quantitative estimate of drug-likeness (QED) is 0.845. The van der Waals surface area contributed by atoms with Crippen molar-refractivity contribution in [1.29, 1.82) is 0 Å². The van der Waals surface area contributed by atoms with Crippen LogP contribution in [-0.2, 0) is 9.53 Å². The van der Waals surface area contributed by atoms with Gasteiger partial charge in [-0.05, 0) is 20.3 Å². The predicted molar refractivity (Wildman–Crippen MR) is 73.3 cm³/mol. The van der Waals surface area contributed by atoms with Crippen LogP contribution < -0.4 is 4.90 Å². The SMILES string of the molecule is CCOC(=O)C1(C)CCN(c2ncnc3nc[nH]c23)C1. The van der Waals surface area contributed by atoms with Gasteiger partial charge in [0.25, 0.3) is 0 Å². The molecule has 7 heteroatoms. The van der Waals surface area contributed by atoms with Crippen LogP contribution in [0.25, 0.3) is 11.2 Å². The summed E-state index contributed by atoms with van der Waals surface area (Å²) in [5, 5.41) is 0. The number of aromatic amines is 1. The summed E-state index contributed by atoms with van der Waals surface area (Å²) >= 11 is 0. The van der Waals surface area contributed by atoms with Gasteiger partial charge < -0.3 is 14.6 Å². The molecular weight excluding hydrogens is 258 g/mol. The van der Waals surface area contributed by atoms with Crippen molar-refractivity contribution in [2.75, 3.05) is 24.6 Å². The van der Waals surface area contributed by atoms with Crippen molar-refractivity contribution in [2.24, 2.45) is 5.41 Å². The highest BCUT2D eigenvalue weighted by Crippen LogP contribution is 2.35. The van der Waals surface area contributed by atoms with Gasteiger partial charge >= 0.3 is 5.97 Å². The molecular formula is C13H17N5O2. The highest BCUT2D eigenvalue weighted by atomic mass is 16.5. The molecule has 20 heavy (non-hydrogen) atoms. The number of nitrogens with zero attached hydrogens (tertiary/aromatic N) is 4. The number of hydrogen-bond donors (Lipinski definition) is 1. The number of anilines is 1. The van der Waals surface area contributed by atoms with E-state index in [0.29, 0.717) is 18.8 Å². The standard InChI is InChI=1S/C13H17N5O2/c1-3-20-12(19)13(2)4-5-18(6-13)11-9-10(15-7-14-9)16-8-17-11/h7-8H,3-6H2,1-2H3,(H,14,15,16,17). The van der Waals surface area contributed by atoms with Crippen molar-refractivity contribution in [1.82, 2.24) is 19.9 Å². The maximum absolute atomic E-state index is 12.1.